The summed E-state index contributed by atoms with van der Waals surface area (Å²) in [4.78, 5) is 17.3. The smallest absolute Gasteiger partial charge is 0.271 e. The third-order valence-electron chi connectivity index (χ3n) is 2.40. The fraction of sp³-hybridized carbons (Fsp3) is 0.364. The fourth-order valence-electron chi connectivity index (χ4n) is 1.53. The molecule has 0 spiro atoms. The Labute approximate surface area is 107 Å². The van der Waals surface area contributed by atoms with Crippen LogP contribution in [0.1, 0.15) is 23.2 Å². The van der Waals surface area contributed by atoms with Gasteiger partial charge >= 0.3 is 0 Å². The lowest BCUT2D eigenvalue weighted by Crippen LogP contribution is -2.35. The van der Waals surface area contributed by atoms with Crippen molar-refractivity contribution in [2.45, 2.75) is 12.8 Å². The van der Waals surface area contributed by atoms with Crippen molar-refractivity contribution in [3.8, 4) is 0 Å². The SMILES string of the molecule is O=C(c1ccc(Cl)c(Br)c1)N1CCCCO1. The van der Waals surface area contributed by atoms with E-state index in [0.29, 0.717) is 23.7 Å². The van der Waals surface area contributed by atoms with Crippen molar-refractivity contribution in [1.82, 2.24) is 5.06 Å². The number of hydroxylamine groups is 2. The average Bonchev–Trinajstić information content (AvgIpc) is 2.33. The van der Waals surface area contributed by atoms with Gasteiger partial charge in [-0.2, -0.15) is 0 Å². The molecule has 0 unspecified atom stereocenters. The van der Waals surface area contributed by atoms with E-state index in [1.807, 2.05) is 0 Å². The van der Waals surface area contributed by atoms with E-state index in [2.05, 4.69) is 15.9 Å². The van der Waals surface area contributed by atoms with Gasteiger partial charge in [-0.3, -0.25) is 9.63 Å². The molecule has 0 aromatic heterocycles. The van der Waals surface area contributed by atoms with Crippen molar-refractivity contribution in [1.29, 1.82) is 0 Å². The molecule has 1 aliphatic heterocycles. The predicted molar refractivity (Wildman–Crippen MR) is 65.4 cm³/mol. The van der Waals surface area contributed by atoms with E-state index in [9.17, 15) is 4.79 Å². The van der Waals surface area contributed by atoms with Crippen LogP contribution in [0.4, 0.5) is 0 Å². The lowest BCUT2D eigenvalue weighted by molar-refractivity contribution is -0.144. The molecule has 0 aliphatic carbocycles. The third-order valence-corrected chi connectivity index (χ3v) is 3.61. The molecule has 86 valence electrons. The molecule has 5 heteroatoms. The highest BCUT2D eigenvalue weighted by molar-refractivity contribution is 9.10. The van der Waals surface area contributed by atoms with Crippen molar-refractivity contribution >= 4 is 33.4 Å². The first-order chi connectivity index (χ1) is 7.68. The minimum Gasteiger partial charge on any atom is -0.271 e. The number of amides is 1. The maximum Gasteiger partial charge on any atom is 0.277 e. The lowest BCUT2D eigenvalue weighted by Gasteiger charge is -2.25. The Bertz CT molecular complexity index is 405. The van der Waals surface area contributed by atoms with Crippen LogP contribution in [0.2, 0.25) is 5.02 Å². The predicted octanol–water partition coefficient (Wildman–Crippen LogP) is 3.27. The summed E-state index contributed by atoms with van der Waals surface area (Å²) < 4.78 is 0.719. The van der Waals surface area contributed by atoms with Crippen LogP contribution < -0.4 is 0 Å². The topological polar surface area (TPSA) is 29.5 Å². The molecule has 0 N–H and O–H groups in total. The summed E-state index contributed by atoms with van der Waals surface area (Å²) in [5, 5.41) is 2.01. The van der Waals surface area contributed by atoms with E-state index in [0.717, 1.165) is 17.3 Å². The summed E-state index contributed by atoms with van der Waals surface area (Å²) in [5.74, 6) is -0.114. The highest BCUT2D eigenvalue weighted by Crippen LogP contribution is 2.24. The Hall–Kier alpha value is -0.580. The molecule has 1 fully saturated rings. The van der Waals surface area contributed by atoms with Gasteiger partial charge in [0.05, 0.1) is 11.6 Å². The minimum atomic E-state index is -0.114. The summed E-state index contributed by atoms with van der Waals surface area (Å²) in [5.41, 5.74) is 0.582. The summed E-state index contributed by atoms with van der Waals surface area (Å²) in [6.45, 7) is 1.26. The van der Waals surface area contributed by atoms with Gasteiger partial charge in [-0.1, -0.05) is 11.6 Å². The van der Waals surface area contributed by atoms with Gasteiger partial charge in [0.25, 0.3) is 5.91 Å². The average molecular weight is 305 g/mol. The Morgan fingerprint density at radius 1 is 1.44 bits per heavy atom. The van der Waals surface area contributed by atoms with E-state index in [1.54, 1.807) is 18.2 Å². The number of carbonyl (C=O) groups excluding carboxylic acids is 1. The van der Waals surface area contributed by atoms with Crippen LogP contribution in [0, 0.1) is 0 Å². The van der Waals surface area contributed by atoms with Gasteiger partial charge in [-0.05, 0) is 47.0 Å². The summed E-state index contributed by atoms with van der Waals surface area (Å²) >= 11 is 9.16. The zero-order valence-corrected chi connectivity index (χ0v) is 10.9. The monoisotopic (exact) mass is 303 g/mol. The van der Waals surface area contributed by atoms with Crippen LogP contribution in [0.25, 0.3) is 0 Å². The summed E-state index contributed by atoms with van der Waals surface area (Å²) in [6, 6.07) is 5.11. The first kappa shape index (κ1) is 11.9. The molecular formula is C11H11BrClNO2. The van der Waals surface area contributed by atoms with Crippen molar-refractivity contribution < 1.29 is 9.63 Å². The number of halogens is 2. The van der Waals surface area contributed by atoms with Crippen molar-refractivity contribution in [2.75, 3.05) is 13.2 Å². The van der Waals surface area contributed by atoms with E-state index in [4.69, 9.17) is 16.4 Å². The van der Waals surface area contributed by atoms with E-state index in [-0.39, 0.29) is 5.91 Å². The van der Waals surface area contributed by atoms with Gasteiger partial charge in [0.15, 0.2) is 0 Å². The number of rotatable bonds is 1. The highest BCUT2D eigenvalue weighted by Gasteiger charge is 2.19. The van der Waals surface area contributed by atoms with Crippen LogP contribution in [0.5, 0.6) is 0 Å². The Morgan fingerprint density at radius 2 is 2.25 bits per heavy atom. The normalized spacial score (nSPS) is 16.2. The van der Waals surface area contributed by atoms with Crippen LogP contribution in [-0.2, 0) is 4.84 Å². The maximum absolute atomic E-state index is 12.0. The molecule has 1 aromatic rings. The molecular weight excluding hydrogens is 293 g/mol. The first-order valence-electron chi connectivity index (χ1n) is 5.08. The van der Waals surface area contributed by atoms with Crippen LogP contribution in [-0.4, -0.2) is 24.1 Å². The quantitative estimate of drug-likeness (QED) is 0.797. The molecule has 1 saturated heterocycles. The Morgan fingerprint density at radius 3 is 2.88 bits per heavy atom. The third kappa shape index (κ3) is 2.56. The molecule has 0 atom stereocenters. The largest absolute Gasteiger partial charge is 0.277 e. The Kier molecular flexibility index (Phi) is 3.84. The molecule has 0 saturated carbocycles. The van der Waals surface area contributed by atoms with Crippen LogP contribution >= 0.6 is 27.5 Å². The zero-order valence-electron chi connectivity index (χ0n) is 8.58. The van der Waals surface area contributed by atoms with E-state index in [1.165, 1.54) is 5.06 Å². The van der Waals surface area contributed by atoms with Gasteiger partial charge in [0, 0.05) is 16.6 Å². The number of carbonyl (C=O) groups is 1. The molecule has 0 bridgehead atoms. The van der Waals surface area contributed by atoms with E-state index >= 15 is 0 Å². The standard InChI is InChI=1S/C11H11BrClNO2/c12-9-7-8(3-4-10(9)13)11(15)14-5-1-2-6-16-14/h3-4,7H,1-2,5-6H2. The number of benzene rings is 1. The first-order valence-corrected chi connectivity index (χ1v) is 6.25. The summed E-state index contributed by atoms with van der Waals surface area (Å²) in [6.07, 6.45) is 1.99. The second-order valence-electron chi connectivity index (χ2n) is 3.58. The zero-order chi connectivity index (χ0) is 11.5. The summed E-state index contributed by atoms with van der Waals surface area (Å²) in [7, 11) is 0. The molecule has 1 amide bonds. The number of nitrogens with zero attached hydrogens (tertiary/aromatic N) is 1. The van der Waals surface area contributed by atoms with Gasteiger partial charge in [0.1, 0.15) is 0 Å². The minimum absolute atomic E-state index is 0.114. The lowest BCUT2D eigenvalue weighted by atomic mass is 10.2. The van der Waals surface area contributed by atoms with Crippen molar-refractivity contribution in [3.05, 3.63) is 33.3 Å². The highest BCUT2D eigenvalue weighted by atomic mass is 79.9. The van der Waals surface area contributed by atoms with Crippen LogP contribution in [0.3, 0.4) is 0 Å². The van der Waals surface area contributed by atoms with Crippen LogP contribution in [0.15, 0.2) is 22.7 Å². The molecule has 1 heterocycles. The van der Waals surface area contributed by atoms with Crippen molar-refractivity contribution in [3.63, 3.8) is 0 Å². The molecule has 1 aromatic carbocycles. The molecule has 1 aliphatic rings. The molecule has 2 rings (SSSR count). The van der Waals surface area contributed by atoms with E-state index < -0.39 is 0 Å². The van der Waals surface area contributed by atoms with Gasteiger partial charge in [0.2, 0.25) is 0 Å². The second kappa shape index (κ2) is 5.17. The fourth-order valence-corrected chi connectivity index (χ4v) is 2.03. The molecule has 16 heavy (non-hydrogen) atoms. The second-order valence-corrected chi connectivity index (χ2v) is 4.84. The van der Waals surface area contributed by atoms with Gasteiger partial charge < -0.3 is 0 Å². The Balaban J connectivity index is 2.16. The maximum atomic E-state index is 12.0. The number of hydrogen-bond acceptors (Lipinski definition) is 2. The molecule has 3 nitrogen and oxygen atoms in total. The number of hydrogen-bond donors (Lipinski definition) is 0. The van der Waals surface area contributed by atoms with Gasteiger partial charge in [-0.25, -0.2) is 5.06 Å². The van der Waals surface area contributed by atoms with Gasteiger partial charge in [-0.15, -0.1) is 0 Å². The van der Waals surface area contributed by atoms with Crippen molar-refractivity contribution in [2.24, 2.45) is 0 Å². The molecule has 0 radical (unpaired) electrons.